The van der Waals surface area contributed by atoms with Crippen LogP contribution < -0.4 is 4.90 Å². The van der Waals surface area contributed by atoms with Gasteiger partial charge >= 0.3 is 0 Å². The molecule has 188 valence electrons. The number of Topliss-reactive ketones (excluding diaryl/α,β-unsaturated/α-hetero) is 1. The Morgan fingerprint density at radius 2 is 1.86 bits per heavy atom. The molecule has 0 saturated heterocycles. The highest BCUT2D eigenvalue weighted by molar-refractivity contribution is 5.87. The quantitative estimate of drug-likeness (QED) is 0.436. The molecule has 5 rings (SSSR count). The largest absolute Gasteiger partial charge is 0.378 e. The standard InChI is InChI=1S/C32H43NO2/c1-7-35-20-29(34)31(3)17-16-28-26-15-11-23-18-21(2)8-14-25(23)30(26)27(19-32(28,31)4)22-9-12-24(13-10-22)33(5)6/h9-10,12-13,18,26-28H,2,7-8,11,14-17,19-20H2,1,3-6H3/t26?,27?,28?,31-,32+/m1/s1. The number of carbonyl (C=O) groups is 1. The van der Waals surface area contributed by atoms with Crippen molar-refractivity contribution >= 4 is 11.5 Å². The summed E-state index contributed by atoms with van der Waals surface area (Å²) in [4.78, 5) is 15.8. The number of rotatable bonds is 6. The summed E-state index contributed by atoms with van der Waals surface area (Å²) in [6.45, 7) is 11.8. The molecule has 35 heavy (non-hydrogen) atoms. The molecule has 0 spiro atoms. The number of nitrogens with zero attached hydrogens (tertiary/aromatic N) is 1. The van der Waals surface area contributed by atoms with E-state index in [0.29, 0.717) is 30.1 Å². The van der Waals surface area contributed by atoms with Gasteiger partial charge in [-0.15, -0.1) is 0 Å². The highest BCUT2D eigenvalue weighted by Crippen LogP contribution is 2.69. The zero-order valence-electron chi connectivity index (χ0n) is 22.5. The predicted molar refractivity (Wildman–Crippen MR) is 145 cm³/mol. The van der Waals surface area contributed by atoms with Gasteiger partial charge in [0.25, 0.3) is 0 Å². The zero-order valence-corrected chi connectivity index (χ0v) is 22.5. The monoisotopic (exact) mass is 473 g/mol. The van der Waals surface area contributed by atoms with Crippen LogP contribution in [0.4, 0.5) is 5.69 Å². The first kappa shape index (κ1) is 24.6. The van der Waals surface area contributed by atoms with Crippen molar-refractivity contribution in [1.29, 1.82) is 0 Å². The molecule has 2 fully saturated rings. The molecule has 0 radical (unpaired) electrons. The molecule has 3 heteroatoms. The van der Waals surface area contributed by atoms with Crippen LogP contribution in [0.25, 0.3) is 0 Å². The van der Waals surface area contributed by atoms with E-state index >= 15 is 0 Å². The number of ketones is 1. The lowest BCUT2D eigenvalue weighted by Crippen LogP contribution is -2.50. The van der Waals surface area contributed by atoms with Gasteiger partial charge in [-0.05, 0) is 98.0 Å². The van der Waals surface area contributed by atoms with E-state index in [4.69, 9.17) is 4.74 Å². The topological polar surface area (TPSA) is 29.5 Å². The van der Waals surface area contributed by atoms with Crippen molar-refractivity contribution in [2.75, 3.05) is 32.2 Å². The van der Waals surface area contributed by atoms with Gasteiger partial charge in [0, 0.05) is 37.7 Å². The Morgan fingerprint density at radius 3 is 2.54 bits per heavy atom. The summed E-state index contributed by atoms with van der Waals surface area (Å²) in [7, 11) is 4.20. The van der Waals surface area contributed by atoms with Gasteiger partial charge in [-0.1, -0.05) is 49.8 Å². The molecule has 4 aliphatic rings. The molecule has 4 aliphatic carbocycles. The van der Waals surface area contributed by atoms with Crippen LogP contribution in [-0.4, -0.2) is 33.1 Å². The SMILES string of the molecule is C=C1C=C2CCC3C(=C2CC1)C(c1ccc(N(C)C)cc1)C[C@@]1(C)C3CC[C@]1(C)C(=O)COCC. The fraction of sp³-hybridized carbons (Fsp3) is 0.594. The number of ether oxygens (including phenoxy) is 1. The minimum Gasteiger partial charge on any atom is -0.378 e. The Labute approximate surface area is 212 Å². The fourth-order valence-electron chi connectivity index (χ4n) is 8.11. The number of fused-ring (bicyclic) bond motifs is 4. The summed E-state index contributed by atoms with van der Waals surface area (Å²) in [5.41, 5.74) is 8.48. The average Bonchev–Trinajstić information content (AvgIpc) is 3.13. The molecule has 0 aromatic heterocycles. The third kappa shape index (κ3) is 3.86. The fourth-order valence-corrected chi connectivity index (χ4v) is 8.11. The summed E-state index contributed by atoms with van der Waals surface area (Å²) in [6.07, 6.45) is 10.2. The smallest absolute Gasteiger partial charge is 0.164 e. The molecular formula is C32H43NO2. The Bertz CT molecular complexity index is 1080. The molecule has 3 nitrogen and oxygen atoms in total. The average molecular weight is 474 g/mol. The second-order valence-corrected chi connectivity index (χ2v) is 12.1. The summed E-state index contributed by atoms with van der Waals surface area (Å²) >= 11 is 0. The first-order chi connectivity index (χ1) is 16.7. The minimum atomic E-state index is -0.318. The molecule has 0 N–H and O–H groups in total. The molecule has 3 unspecified atom stereocenters. The molecule has 2 saturated carbocycles. The Balaban J connectivity index is 1.62. The normalized spacial score (nSPS) is 34.1. The van der Waals surface area contributed by atoms with Crippen molar-refractivity contribution < 1.29 is 9.53 Å². The molecule has 1 aromatic rings. The second-order valence-electron chi connectivity index (χ2n) is 12.1. The number of hydrogen-bond acceptors (Lipinski definition) is 3. The second kappa shape index (κ2) is 9.07. The first-order valence-electron chi connectivity index (χ1n) is 13.7. The van der Waals surface area contributed by atoms with Crippen LogP contribution in [-0.2, 0) is 9.53 Å². The number of carbonyl (C=O) groups excluding carboxylic acids is 1. The molecule has 0 aliphatic heterocycles. The summed E-state index contributed by atoms with van der Waals surface area (Å²) < 4.78 is 5.65. The zero-order chi connectivity index (χ0) is 25.0. The van der Waals surface area contributed by atoms with Crippen LogP contribution in [0, 0.1) is 22.7 Å². The highest BCUT2D eigenvalue weighted by Gasteiger charge is 2.63. The lowest BCUT2D eigenvalue weighted by atomic mass is 9.48. The van der Waals surface area contributed by atoms with Crippen LogP contribution in [0.2, 0.25) is 0 Å². The summed E-state index contributed by atoms with van der Waals surface area (Å²) in [5, 5.41) is 0. The van der Waals surface area contributed by atoms with E-state index in [9.17, 15) is 4.79 Å². The minimum absolute atomic E-state index is 0.0136. The van der Waals surface area contributed by atoms with Gasteiger partial charge in [0.05, 0.1) is 0 Å². The van der Waals surface area contributed by atoms with Crippen LogP contribution in [0.15, 0.2) is 59.2 Å². The maximum Gasteiger partial charge on any atom is 0.164 e. The Morgan fingerprint density at radius 1 is 1.11 bits per heavy atom. The predicted octanol–water partition coefficient (Wildman–Crippen LogP) is 7.25. The van der Waals surface area contributed by atoms with Gasteiger partial charge in [0.1, 0.15) is 6.61 Å². The molecule has 0 heterocycles. The molecule has 0 amide bonds. The van der Waals surface area contributed by atoms with Crippen LogP contribution in [0.1, 0.15) is 77.2 Å². The van der Waals surface area contributed by atoms with E-state index in [1.54, 1.807) is 16.7 Å². The summed E-state index contributed by atoms with van der Waals surface area (Å²) in [6, 6.07) is 9.23. The maximum atomic E-state index is 13.6. The first-order valence-corrected chi connectivity index (χ1v) is 13.7. The van der Waals surface area contributed by atoms with Gasteiger partial charge < -0.3 is 9.64 Å². The van der Waals surface area contributed by atoms with E-state index in [-0.39, 0.29) is 17.4 Å². The third-order valence-electron chi connectivity index (χ3n) is 10.3. The van der Waals surface area contributed by atoms with Crippen molar-refractivity contribution in [3.63, 3.8) is 0 Å². The lowest BCUT2D eigenvalue weighted by molar-refractivity contribution is -0.141. The Kier molecular flexibility index (Phi) is 6.36. The molecule has 0 bridgehead atoms. The number of benzene rings is 1. The summed E-state index contributed by atoms with van der Waals surface area (Å²) in [5.74, 6) is 1.84. The van der Waals surface area contributed by atoms with Crippen LogP contribution >= 0.6 is 0 Å². The van der Waals surface area contributed by atoms with E-state index < -0.39 is 0 Å². The van der Waals surface area contributed by atoms with Crippen molar-refractivity contribution in [2.45, 2.75) is 71.6 Å². The van der Waals surface area contributed by atoms with Crippen molar-refractivity contribution in [3.8, 4) is 0 Å². The van der Waals surface area contributed by atoms with E-state index in [1.807, 2.05) is 6.92 Å². The van der Waals surface area contributed by atoms with Crippen molar-refractivity contribution in [2.24, 2.45) is 22.7 Å². The molecule has 5 atom stereocenters. The molecular weight excluding hydrogens is 430 g/mol. The maximum absolute atomic E-state index is 13.6. The van der Waals surface area contributed by atoms with Gasteiger partial charge in [-0.25, -0.2) is 0 Å². The third-order valence-corrected chi connectivity index (χ3v) is 10.3. The van der Waals surface area contributed by atoms with E-state index in [2.05, 4.69) is 69.8 Å². The number of allylic oxidation sites excluding steroid dienone is 5. The lowest BCUT2D eigenvalue weighted by Gasteiger charge is -2.55. The van der Waals surface area contributed by atoms with Gasteiger partial charge in [-0.3, -0.25) is 4.79 Å². The van der Waals surface area contributed by atoms with Crippen LogP contribution in [0.5, 0.6) is 0 Å². The van der Waals surface area contributed by atoms with E-state index in [0.717, 1.165) is 38.5 Å². The van der Waals surface area contributed by atoms with E-state index in [1.165, 1.54) is 23.2 Å². The number of anilines is 1. The van der Waals surface area contributed by atoms with Crippen molar-refractivity contribution in [3.05, 3.63) is 64.8 Å². The Hall–Kier alpha value is -2.13. The van der Waals surface area contributed by atoms with Crippen LogP contribution in [0.3, 0.4) is 0 Å². The van der Waals surface area contributed by atoms with Gasteiger partial charge in [0.15, 0.2) is 5.78 Å². The van der Waals surface area contributed by atoms with Gasteiger partial charge in [-0.2, -0.15) is 0 Å². The highest BCUT2D eigenvalue weighted by atomic mass is 16.5. The molecule has 1 aromatic carbocycles. The van der Waals surface area contributed by atoms with Gasteiger partial charge in [0.2, 0.25) is 0 Å². The van der Waals surface area contributed by atoms with Crippen molar-refractivity contribution in [1.82, 2.24) is 0 Å². The number of hydrogen-bond donors (Lipinski definition) is 0.